The van der Waals surface area contributed by atoms with Crippen LogP contribution < -0.4 is 4.72 Å². The molecule has 0 spiro atoms. The number of ether oxygens (including phenoxy) is 1. The predicted octanol–water partition coefficient (Wildman–Crippen LogP) is 4.00. The van der Waals surface area contributed by atoms with E-state index in [1.54, 1.807) is 19.1 Å². The molecule has 0 fully saturated rings. The van der Waals surface area contributed by atoms with Crippen LogP contribution in [0, 0.1) is 5.41 Å². The first-order valence-electron chi connectivity index (χ1n) is 7.92. The molecule has 5 heteroatoms. The van der Waals surface area contributed by atoms with Gasteiger partial charge in [0.1, 0.15) is 0 Å². The topological polar surface area (TPSA) is 55.4 Å². The van der Waals surface area contributed by atoms with Gasteiger partial charge in [-0.25, -0.2) is 13.7 Å². The molecular formula is C18H29NO3S. The molecule has 0 unspecified atom stereocenters. The third kappa shape index (κ3) is 5.74. The molecule has 0 saturated heterocycles. The summed E-state index contributed by atoms with van der Waals surface area (Å²) in [6.45, 7) is 14.3. The molecule has 1 aromatic rings. The van der Waals surface area contributed by atoms with E-state index in [9.17, 15) is 9.00 Å². The average molecular weight is 340 g/mol. The van der Waals surface area contributed by atoms with Crippen LogP contribution in [0.2, 0.25) is 0 Å². The summed E-state index contributed by atoms with van der Waals surface area (Å²) in [4.78, 5) is 11.7. The fraction of sp³-hybridized carbons (Fsp3) is 0.611. The van der Waals surface area contributed by atoms with E-state index in [1.807, 2.05) is 32.9 Å². The molecule has 0 aliphatic rings. The number of hydrogen-bond donors (Lipinski definition) is 1. The highest BCUT2D eigenvalue weighted by atomic mass is 32.2. The van der Waals surface area contributed by atoms with Crippen molar-refractivity contribution in [2.24, 2.45) is 5.41 Å². The lowest BCUT2D eigenvalue weighted by atomic mass is 9.83. The third-order valence-corrected chi connectivity index (χ3v) is 4.96. The van der Waals surface area contributed by atoms with Gasteiger partial charge in [-0.3, -0.25) is 0 Å². The lowest BCUT2D eigenvalue weighted by molar-refractivity contribution is 0.0526. The number of carbonyl (C=O) groups excluding carboxylic acids is 1. The zero-order valence-corrected chi connectivity index (χ0v) is 16.0. The Balaban J connectivity index is 3.05. The molecule has 0 aliphatic heterocycles. The Bertz CT molecular complexity index is 553. The minimum absolute atomic E-state index is 0.0844. The van der Waals surface area contributed by atoms with E-state index in [2.05, 4.69) is 25.5 Å². The van der Waals surface area contributed by atoms with E-state index in [0.717, 1.165) is 5.56 Å². The maximum absolute atomic E-state index is 12.5. The van der Waals surface area contributed by atoms with Crippen molar-refractivity contribution in [3.63, 3.8) is 0 Å². The van der Waals surface area contributed by atoms with Crippen LogP contribution in [-0.4, -0.2) is 21.5 Å². The van der Waals surface area contributed by atoms with Crippen LogP contribution in [0.25, 0.3) is 0 Å². The maximum atomic E-state index is 12.5. The fourth-order valence-electron chi connectivity index (χ4n) is 2.05. The predicted molar refractivity (Wildman–Crippen MR) is 95.6 cm³/mol. The van der Waals surface area contributed by atoms with Crippen LogP contribution in [0.1, 0.15) is 70.4 Å². The molecule has 0 bridgehead atoms. The van der Waals surface area contributed by atoms with Crippen molar-refractivity contribution in [1.82, 2.24) is 4.72 Å². The van der Waals surface area contributed by atoms with Gasteiger partial charge in [0.05, 0.1) is 27.9 Å². The molecular weight excluding hydrogens is 310 g/mol. The van der Waals surface area contributed by atoms with Crippen molar-refractivity contribution in [3.8, 4) is 0 Å². The largest absolute Gasteiger partial charge is 0.462 e. The van der Waals surface area contributed by atoms with Crippen molar-refractivity contribution in [2.45, 2.75) is 59.3 Å². The van der Waals surface area contributed by atoms with Crippen LogP contribution in [0.4, 0.5) is 0 Å². The zero-order chi connectivity index (χ0) is 17.8. The molecule has 0 radical (unpaired) electrons. The van der Waals surface area contributed by atoms with Crippen molar-refractivity contribution in [3.05, 3.63) is 35.4 Å². The summed E-state index contributed by atoms with van der Waals surface area (Å²) in [6, 6.07) is 7.23. The molecule has 0 aliphatic carbocycles. The zero-order valence-electron chi connectivity index (χ0n) is 15.2. The van der Waals surface area contributed by atoms with E-state index in [0.29, 0.717) is 12.2 Å². The Morgan fingerprint density at radius 2 is 1.65 bits per heavy atom. The maximum Gasteiger partial charge on any atom is 0.338 e. The van der Waals surface area contributed by atoms with Gasteiger partial charge in [-0.1, -0.05) is 32.9 Å². The van der Waals surface area contributed by atoms with Crippen LogP contribution in [0.5, 0.6) is 0 Å². The summed E-state index contributed by atoms with van der Waals surface area (Å²) < 4.78 is 20.4. The van der Waals surface area contributed by atoms with E-state index in [1.165, 1.54) is 0 Å². The third-order valence-electron chi connectivity index (χ3n) is 3.40. The monoisotopic (exact) mass is 339 g/mol. The Morgan fingerprint density at radius 1 is 1.13 bits per heavy atom. The summed E-state index contributed by atoms with van der Waals surface area (Å²) in [5, 5.41) is 0. The number of benzene rings is 1. The van der Waals surface area contributed by atoms with Gasteiger partial charge in [0.2, 0.25) is 0 Å². The summed E-state index contributed by atoms with van der Waals surface area (Å²) in [5.41, 5.74) is 1.41. The number of carbonyl (C=O) groups is 1. The molecule has 4 nitrogen and oxygen atoms in total. The van der Waals surface area contributed by atoms with Gasteiger partial charge in [0, 0.05) is 6.04 Å². The standard InChI is InChI=1S/C18H29NO3S/c1-8-22-16(20)14-11-9-13(10-12-14)15(17(2,3)4)19-23(21)18(5,6)7/h9-12,15,19H,8H2,1-7H3/t15-,23+/m1/s1. The quantitative estimate of drug-likeness (QED) is 0.825. The highest BCUT2D eigenvalue weighted by Gasteiger charge is 2.31. The Kier molecular flexibility index (Phi) is 6.54. The van der Waals surface area contributed by atoms with Crippen molar-refractivity contribution in [1.29, 1.82) is 0 Å². The van der Waals surface area contributed by atoms with Gasteiger partial charge in [-0.05, 0) is 50.8 Å². The van der Waals surface area contributed by atoms with Crippen LogP contribution in [-0.2, 0) is 15.7 Å². The van der Waals surface area contributed by atoms with Crippen LogP contribution in [0.15, 0.2) is 24.3 Å². The van der Waals surface area contributed by atoms with E-state index in [4.69, 9.17) is 4.74 Å². The van der Waals surface area contributed by atoms with E-state index < -0.39 is 11.0 Å². The molecule has 0 heterocycles. The fourth-order valence-corrected chi connectivity index (χ4v) is 3.11. The molecule has 1 aromatic carbocycles. The van der Waals surface area contributed by atoms with Crippen molar-refractivity contribution in [2.75, 3.05) is 6.61 Å². The summed E-state index contributed by atoms with van der Waals surface area (Å²) >= 11 is 0. The SMILES string of the molecule is CCOC(=O)c1ccc([C@@H](N[S@@](=O)C(C)(C)C)C(C)(C)C)cc1. The average Bonchev–Trinajstić information content (AvgIpc) is 2.42. The first-order chi connectivity index (χ1) is 10.5. The van der Waals surface area contributed by atoms with Gasteiger partial charge in [0.25, 0.3) is 0 Å². The van der Waals surface area contributed by atoms with Crippen LogP contribution in [0.3, 0.4) is 0 Å². The number of esters is 1. The number of nitrogens with one attached hydrogen (secondary N) is 1. The van der Waals surface area contributed by atoms with Crippen molar-refractivity contribution < 1.29 is 13.7 Å². The van der Waals surface area contributed by atoms with Gasteiger partial charge < -0.3 is 4.74 Å². The molecule has 23 heavy (non-hydrogen) atoms. The Labute approximate surface area is 142 Å². The molecule has 1 N–H and O–H groups in total. The highest BCUT2D eigenvalue weighted by Crippen LogP contribution is 2.34. The second-order valence-electron chi connectivity index (χ2n) is 7.64. The smallest absolute Gasteiger partial charge is 0.338 e. The lowest BCUT2D eigenvalue weighted by Gasteiger charge is -2.34. The minimum Gasteiger partial charge on any atom is -0.462 e. The molecule has 0 saturated carbocycles. The Morgan fingerprint density at radius 3 is 2.04 bits per heavy atom. The Hall–Kier alpha value is -1.20. The molecule has 1 rings (SSSR count). The normalized spacial score (nSPS) is 15.1. The minimum atomic E-state index is -1.17. The van der Waals surface area contributed by atoms with Crippen LogP contribution >= 0.6 is 0 Å². The summed E-state index contributed by atoms with van der Waals surface area (Å²) in [7, 11) is -1.17. The second-order valence-corrected chi connectivity index (χ2v) is 9.64. The number of rotatable bonds is 5. The van der Waals surface area contributed by atoms with E-state index in [-0.39, 0.29) is 22.2 Å². The van der Waals surface area contributed by atoms with Gasteiger partial charge in [-0.15, -0.1) is 0 Å². The number of hydrogen-bond acceptors (Lipinski definition) is 3. The summed E-state index contributed by atoms with van der Waals surface area (Å²) in [6.07, 6.45) is 0. The molecule has 130 valence electrons. The molecule has 2 atom stereocenters. The highest BCUT2D eigenvalue weighted by molar-refractivity contribution is 7.84. The summed E-state index contributed by atoms with van der Waals surface area (Å²) in [5.74, 6) is -0.322. The van der Waals surface area contributed by atoms with Gasteiger partial charge >= 0.3 is 5.97 Å². The second kappa shape index (κ2) is 7.58. The van der Waals surface area contributed by atoms with Gasteiger partial charge in [0.15, 0.2) is 0 Å². The first-order valence-corrected chi connectivity index (χ1v) is 9.07. The molecule has 0 aromatic heterocycles. The lowest BCUT2D eigenvalue weighted by Crippen LogP contribution is -2.40. The van der Waals surface area contributed by atoms with Crippen molar-refractivity contribution >= 4 is 17.0 Å². The first kappa shape index (κ1) is 19.8. The van der Waals surface area contributed by atoms with E-state index >= 15 is 0 Å². The van der Waals surface area contributed by atoms with Gasteiger partial charge in [-0.2, -0.15) is 0 Å². The molecule has 0 amide bonds.